The van der Waals surface area contributed by atoms with E-state index in [2.05, 4.69) is 15.5 Å². The van der Waals surface area contributed by atoms with Gasteiger partial charge in [0.05, 0.1) is 22.5 Å². The molecule has 160 valence electrons. The number of benzene rings is 2. The minimum Gasteiger partial charge on any atom is -0.325 e. The van der Waals surface area contributed by atoms with Crippen molar-refractivity contribution in [3.05, 3.63) is 59.9 Å². The number of hydrogen-bond acceptors (Lipinski definition) is 5. The summed E-state index contributed by atoms with van der Waals surface area (Å²) in [4.78, 5) is 17.1. The Hall–Kier alpha value is -3.14. The van der Waals surface area contributed by atoms with Gasteiger partial charge in [0.25, 0.3) is 0 Å². The van der Waals surface area contributed by atoms with Crippen LogP contribution < -0.4 is 5.32 Å². The third-order valence-electron chi connectivity index (χ3n) is 4.60. The van der Waals surface area contributed by atoms with Gasteiger partial charge < -0.3 is 5.32 Å². The number of hydrogen-bond donors (Lipinski definition) is 1. The van der Waals surface area contributed by atoms with E-state index in [1.807, 2.05) is 38.1 Å². The van der Waals surface area contributed by atoms with Crippen LogP contribution in [0.2, 0.25) is 0 Å². The fourth-order valence-electron chi connectivity index (χ4n) is 3.22. The molecule has 0 saturated carbocycles. The molecule has 2 aromatic heterocycles. The van der Waals surface area contributed by atoms with Crippen molar-refractivity contribution in [3.8, 4) is 0 Å². The van der Waals surface area contributed by atoms with Gasteiger partial charge in [-0.3, -0.25) is 9.20 Å². The number of halogens is 3. The van der Waals surface area contributed by atoms with Crippen molar-refractivity contribution in [1.82, 2.24) is 19.6 Å². The van der Waals surface area contributed by atoms with Gasteiger partial charge in [-0.05, 0) is 24.3 Å². The first-order chi connectivity index (χ1) is 14.8. The molecular weight excluding hydrogens is 427 g/mol. The normalized spacial score (nSPS) is 12.1. The Bertz CT molecular complexity index is 1270. The number of nitrogens with one attached hydrogen (secondary N) is 1. The lowest BCUT2D eigenvalue weighted by Gasteiger charge is -2.13. The van der Waals surface area contributed by atoms with E-state index in [9.17, 15) is 18.0 Å². The van der Waals surface area contributed by atoms with Gasteiger partial charge in [0, 0.05) is 11.3 Å². The Balaban J connectivity index is 1.60. The molecule has 0 fully saturated rings. The monoisotopic (exact) mass is 445 g/mol. The maximum Gasteiger partial charge on any atom is 0.418 e. The zero-order valence-electron chi connectivity index (χ0n) is 16.6. The second-order valence-electron chi connectivity index (χ2n) is 7.16. The topological polar surface area (TPSA) is 72.2 Å². The van der Waals surface area contributed by atoms with Crippen molar-refractivity contribution >= 4 is 39.9 Å². The van der Waals surface area contributed by atoms with Crippen LogP contribution in [0.15, 0.2) is 53.7 Å². The standard InChI is InChI=1S/C21H18F3N5OS/c1-12(2)18-26-15-9-5-3-7-13(15)19-27-28-20(29(18)19)31-11-17(30)25-16-10-6-4-8-14(16)21(22,23)24/h3-10,12H,11H2,1-2H3,(H,25,30). The third-order valence-corrected chi connectivity index (χ3v) is 5.53. The number of thioether (sulfide) groups is 1. The van der Waals surface area contributed by atoms with Gasteiger partial charge in [-0.1, -0.05) is 49.9 Å². The lowest BCUT2D eigenvalue weighted by molar-refractivity contribution is -0.137. The van der Waals surface area contributed by atoms with Crippen molar-refractivity contribution in [3.63, 3.8) is 0 Å². The van der Waals surface area contributed by atoms with E-state index in [4.69, 9.17) is 4.98 Å². The van der Waals surface area contributed by atoms with E-state index in [0.29, 0.717) is 10.8 Å². The van der Waals surface area contributed by atoms with Gasteiger partial charge >= 0.3 is 6.18 Å². The molecule has 1 N–H and O–H groups in total. The molecule has 0 aliphatic rings. The summed E-state index contributed by atoms with van der Waals surface area (Å²) < 4.78 is 41.2. The van der Waals surface area contributed by atoms with Crippen molar-refractivity contribution in [2.24, 2.45) is 0 Å². The van der Waals surface area contributed by atoms with E-state index >= 15 is 0 Å². The van der Waals surface area contributed by atoms with Crippen LogP contribution in [-0.4, -0.2) is 31.2 Å². The Morgan fingerprint density at radius 1 is 1.10 bits per heavy atom. The highest BCUT2D eigenvalue weighted by Gasteiger charge is 2.33. The smallest absolute Gasteiger partial charge is 0.325 e. The fraction of sp³-hybridized carbons (Fsp3) is 0.238. The van der Waals surface area contributed by atoms with Gasteiger partial charge in [-0.25, -0.2) is 4.98 Å². The van der Waals surface area contributed by atoms with E-state index in [0.717, 1.165) is 34.6 Å². The average molecular weight is 445 g/mol. The highest BCUT2D eigenvalue weighted by atomic mass is 32.2. The molecule has 31 heavy (non-hydrogen) atoms. The first-order valence-electron chi connectivity index (χ1n) is 9.48. The summed E-state index contributed by atoms with van der Waals surface area (Å²) in [7, 11) is 0. The molecule has 4 aromatic rings. The lowest BCUT2D eigenvalue weighted by atomic mass is 10.1. The number of carbonyl (C=O) groups is 1. The molecule has 0 saturated heterocycles. The molecule has 0 atom stereocenters. The number of anilines is 1. The second-order valence-corrected chi connectivity index (χ2v) is 8.11. The highest BCUT2D eigenvalue weighted by molar-refractivity contribution is 7.99. The van der Waals surface area contributed by atoms with E-state index < -0.39 is 17.6 Å². The summed E-state index contributed by atoms with van der Waals surface area (Å²) in [5.41, 5.74) is 0.255. The number of alkyl halides is 3. The molecule has 0 spiro atoms. The molecular formula is C21H18F3N5OS. The summed E-state index contributed by atoms with van der Waals surface area (Å²) in [5, 5.41) is 12.1. The number of rotatable bonds is 5. The number of aromatic nitrogens is 4. The number of nitrogens with zero attached hydrogens (tertiary/aromatic N) is 4. The fourth-order valence-corrected chi connectivity index (χ4v) is 3.96. The third kappa shape index (κ3) is 4.20. The van der Waals surface area contributed by atoms with E-state index in [1.165, 1.54) is 18.2 Å². The predicted molar refractivity (Wildman–Crippen MR) is 113 cm³/mol. The van der Waals surface area contributed by atoms with Crippen molar-refractivity contribution in [1.29, 1.82) is 0 Å². The van der Waals surface area contributed by atoms with E-state index in [1.54, 1.807) is 4.40 Å². The van der Waals surface area contributed by atoms with Crippen LogP contribution in [0, 0.1) is 0 Å². The van der Waals surface area contributed by atoms with Gasteiger partial charge in [0.1, 0.15) is 5.82 Å². The van der Waals surface area contributed by atoms with Crippen LogP contribution >= 0.6 is 11.8 Å². The molecule has 0 aliphatic heterocycles. The number of amides is 1. The summed E-state index contributed by atoms with van der Waals surface area (Å²) in [6, 6.07) is 12.4. The molecule has 0 unspecified atom stereocenters. The summed E-state index contributed by atoms with van der Waals surface area (Å²) >= 11 is 1.09. The molecule has 0 bridgehead atoms. The van der Waals surface area contributed by atoms with Crippen LogP contribution in [0.3, 0.4) is 0 Å². The predicted octanol–water partition coefficient (Wildman–Crippen LogP) is 5.15. The molecule has 0 aliphatic carbocycles. The molecule has 0 radical (unpaired) electrons. The van der Waals surface area contributed by atoms with Crippen LogP contribution in [0.4, 0.5) is 18.9 Å². The van der Waals surface area contributed by atoms with Crippen molar-refractivity contribution in [2.75, 3.05) is 11.1 Å². The average Bonchev–Trinajstić information content (AvgIpc) is 3.15. The Labute approximate surface area is 179 Å². The van der Waals surface area contributed by atoms with Crippen LogP contribution in [-0.2, 0) is 11.0 Å². The zero-order valence-corrected chi connectivity index (χ0v) is 17.5. The van der Waals surface area contributed by atoms with Crippen molar-refractivity contribution < 1.29 is 18.0 Å². The summed E-state index contributed by atoms with van der Waals surface area (Å²) in [6.07, 6.45) is -4.56. The SMILES string of the molecule is CC(C)c1nc2ccccc2c2nnc(SCC(=O)Nc3ccccc3C(F)(F)F)n12. The molecule has 4 rings (SSSR count). The molecule has 1 amide bonds. The van der Waals surface area contributed by atoms with E-state index in [-0.39, 0.29) is 17.4 Å². The summed E-state index contributed by atoms with van der Waals surface area (Å²) in [6.45, 7) is 3.98. The lowest BCUT2D eigenvalue weighted by Crippen LogP contribution is -2.18. The number of carbonyl (C=O) groups excluding carboxylic acids is 1. The minimum absolute atomic E-state index is 0.0648. The van der Waals surface area contributed by atoms with Gasteiger partial charge in [0.2, 0.25) is 5.91 Å². The van der Waals surface area contributed by atoms with Gasteiger partial charge in [0.15, 0.2) is 10.8 Å². The first kappa shape index (κ1) is 21.1. The first-order valence-corrected chi connectivity index (χ1v) is 10.5. The number of para-hydroxylation sites is 2. The maximum absolute atomic E-state index is 13.1. The van der Waals surface area contributed by atoms with Crippen LogP contribution in [0.1, 0.15) is 31.2 Å². The summed E-state index contributed by atoms with van der Waals surface area (Å²) in [5.74, 6) is 0.106. The van der Waals surface area contributed by atoms with Gasteiger partial charge in [-0.15, -0.1) is 10.2 Å². The Morgan fingerprint density at radius 2 is 1.81 bits per heavy atom. The van der Waals surface area contributed by atoms with Crippen LogP contribution in [0.5, 0.6) is 0 Å². The largest absolute Gasteiger partial charge is 0.418 e. The minimum atomic E-state index is -4.56. The highest BCUT2D eigenvalue weighted by Crippen LogP contribution is 2.34. The maximum atomic E-state index is 13.1. The second kappa shape index (κ2) is 8.18. The quantitative estimate of drug-likeness (QED) is 0.430. The number of fused-ring (bicyclic) bond motifs is 3. The molecule has 10 heteroatoms. The van der Waals surface area contributed by atoms with Crippen LogP contribution in [0.25, 0.3) is 16.6 Å². The Kier molecular flexibility index (Phi) is 5.57. The molecule has 2 heterocycles. The molecule has 6 nitrogen and oxygen atoms in total. The molecule has 2 aromatic carbocycles. The Morgan fingerprint density at radius 3 is 2.55 bits per heavy atom. The van der Waals surface area contributed by atoms with Gasteiger partial charge in [-0.2, -0.15) is 13.2 Å². The zero-order chi connectivity index (χ0) is 22.2. The van der Waals surface area contributed by atoms with Crippen molar-refractivity contribution in [2.45, 2.75) is 31.1 Å².